The number of hydrogen-bond acceptors (Lipinski definition) is 6. The molecule has 0 unspecified atom stereocenters. The van der Waals surface area contributed by atoms with Crippen LogP contribution in [0.15, 0.2) is 54.6 Å². The first kappa shape index (κ1) is 26.3. The molecule has 188 valence electrons. The third-order valence-corrected chi connectivity index (χ3v) is 5.43. The molecular weight excluding hydrogens is 457 g/mol. The predicted octanol–water partition coefficient (Wildman–Crippen LogP) is 6.51. The van der Waals surface area contributed by atoms with Crippen molar-refractivity contribution >= 4 is 17.5 Å². The fourth-order valence-electron chi connectivity index (χ4n) is 3.37. The number of hydrogen-bond donors (Lipinski definition) is 3. The monoisotopic (exact) mass is 488 g/mol. The Balaban J connectivity index is 1.98. The zero-order chi connectivity index (χ0) is 25.8. The lowest BCUT2D eigenvalue weighted by Gasteiger charge is -2.21. The van der Waals surface area contributed by atoms with Crippen LogP contribution in [0.25, 0.3) is 11.3 Å². The van der Waals surface area contributed by atoms with Crippen molar-refractivity contribution in [1.29, 1.82) is 0 Å². The van der Waals surface area contributed by atoms with Gasteiger partial charge in [0.25, 0.3) is 0 Å². The standard InChI is InChI=1S/C26H31F3N4O2/c1-16(2)22(15-34)32-24-31-21(17-7-6-8-20(13-17)35-26(27,28)29)14-23(33-24)30-19-11-9-18(10-12-19)25(3,4)5/h6-14,16,22,34H,15H2,1-5H3,(H2,30,31,32,33)/t22-/m0/s1. The quantitative estimate of drug-likeness (QED) is 0.335. The zero-order valence-corrected chi connectivity index (χ0v) is 20.4. The second kappa shape index (κ2) is 10.5. The molecule has 9 heteroatoms. The van der Waals surface area contributed by atoms with E-state index in [2.05, 4.69) is 46.1 Å². The topological polar surface area (TPSA) is 79.3 Å². The molecule has 0 saturated heterocycles. The Morgan fingerprint density at radius 2 is 1.66 bits per heavy atom. The molecule has 2 aromatic carbocycles. The maximum atomic E-state index is 12.7. The summed E-state index contributed by atoms with van der Waals surface area (Å²) in [5, 5.41) is 16.1. The van der Waals surface area contributed by atoms with Crippen molar-refractivity contribution in [2.45, 2.75) is 52.4 Å². The average molecular weight is 489 g/mol. The highest BCUT2D eigenvalue weighted by molar-refractivity contribution is 5.68. The van der Waals surface area contributed by atoms with Gasteiger partial charge in [0.15, 0.2) is 0 Å². The van der Waals surface area contributed by atoms with Crippen LogP contribution in [0.1, 0.15) is 40.2 Å². The molecule has 3 rings (SSSR count). The minimum absolute atomic E-state index is 0.0113. The van der Waals surface area contributed by atoms with Crippen molar-refractivity contribution in [2.24, 2.45) is 5.92 Å². The van der Waals surface area contributed by atoms with Gasteiger partial charge in [0.2, 0.25) is 5.95 Å². The molecule has 0 aliphatic heterocycles. The largest absolute Gasteiger partial charge is 0.573 e. The normalized spacial score (nSPS) is 13.0. The molecular formula is C26H31F3N4O2. The Bertz CT molecular complexity index is 1130. The molecule has 1 atom stereocenters. The summed E-state index contributed by atoms with van der Waals surface area (Å²) in [6.45, 7) is 10.2. The Kier molecular flexibility index (Phi) is 7.90. The van der Waals surface area contributed by atoms with Crippen molar-refractivity contribution in [3.8, 4) is 17.0 Å². The lowest BCUT2D eigenvalue weighted by molar-refractivity contribution is -0.274. The number of alkyl halides is 3. The number of aliphatic hydroxyl groups excluding tert-OH is 1. The van der Waals surface area contributed by atoms with Gasteiger partial charge in [-0.3, -0.25) is 0 Å². The number of rotatable bonds is 8. The molecule has 3 aromatic rings. The van der Waals surface area contributed by atoms with Gasteiger partial charge in [0.05, 0.1) is 18.3 Å². The molecule has 35 heavy (non-hydrogen) atoms. The number of halogens is 3. The first-order valence-electron chi connectivity index (χ1n) is 11.3. The number of ether oxygens (including phenoxy) is 1. The predicted molar refractivity (Wildman–Crippen MR) is 132 cm³/mol. The Labute approximate surface area is 203 Å². The first-order valence-corrected chi connectivity index (χ1v) is 11.3. The number of benzene rings is 2. The summed E-state index contributed by atoms with van der Waals surface area (Å²) in [7, 11) is 0. The molecule has 0 radical (unpaired) electrons. The Hall–Kier alpha value is -3.33. The van der Waals surface area contributed by atoms with Crippen molar-refractivity contribution in [3.63, 3.8) is 0 Å². The second-order valence-corrected chi connectivity index (χ2v) is 9.67. The fourth-order valence-corrected chi connectivity index (χ4v) is 3.37. The molecule has 6 nitrogen and oxygen atoms in total. The van der Waals surface area contributed by atoms with Crippen molar-refractivity contribution in [2.75, 3.05) is 17.2 Å². The van der Waals surface area contributed by atoms with Gasteiger partial charge in [-0.05, 0) is 41.2 Å². The molecule has 3 N–H and O–H groups in total. The van der Waals surface area contributed by atoms with E-state index < -0.39 is 6.36 Å². The van der Waals surface area contributed by atoms with Crippen LogP contribution in [-0.4, -0.2) is 34.1 Å². The van der Waals surface area contributed by atoms with Crippen LogP contribution in [0.2, 0.25) is 0 Å². The number of aromatic nitrogens is 2. The van der Waals surface area contributed by atoms with Gasteiger partial charge in [0.1, 0.15) is 11.6 Å². The van der Waals surface area contributed by atoms with E-state index >= 15 is 0 Å². The first-order chi connectivity index (χ1) is 16.3. The van der Waals surface area contributed by atoms with Crippen LogP contribution < -0.4 is 15.4 Å². The third kappa shape index (κ3) is 7.58. The molecule has 0 aliphatic carbocycles. The van der Waals surface area contributed by atoms with Crippen molar-refractivity contribution in [1.82, 2.24) is 9.97 Å². The van der Waals surface area contributed by atoms with E-state index in [9.17, 15) is 18.3 Å². The molecule has 0 bridgehead atoms. The minimum Gasteiger partial charge on any atom is -0.406 e. The van der Waals surface area contributed by atoms with Gasteiger partial charge in [0, 0.05) is 17.3 Å². The fraction of sp³-hybridized carbons (Fsp3) is 0.385. The summed E-state index contributed by atoms with van der Waals surface area (Å²) in [6.07, 6.45) is -4.80. The van der Waals surface area contributed by atoms with E-state index in [0.29, 0.717) is 17.1 Å². The third-order valence-electron chi connectivity index (χ3n) is 5.43. The molecule has 0 saturated carbocycles. The smallest absolute Gasteiger partial charge is 0.406 e. The summed E-state index contributed by atoms with van der Waals surface area (Å²) in [6, 6.07) is 14.9. The van der Waals surface area contributed by atoms with Gasteiger partial charge in [-0.1, -0.05) is 58.9 Å². The Morgan fingerprint density at radius 1 is 0.971 bits per heavy atom. The highest BCUT2D eigenvalue weighted by Crippen LogP contribution is 2.30. The van der Waals surface area contributed by atoms with E-state index in [1.54, 1.807) is 12.1 Å². The van der Waals surface area contributed by atoms with Gasteiger partial charge in [-0.2, -0.15) is 4.98 Å². The summed E-state index contributed by atoms with van der Waals surface area (Å²) in [5.41, 5.74) is 2.80. The van der Waals surface area contributed by atoms with Crippen LogP contribution in [0, 0.1) is 5.92 Å². The minimum atomic E-state index is -4.80. The SMILES string of the molecule is CC(C)[C@H](CO)Nc1nc(Nc2ccc(C(C)(C)C)cc2)cc(-c2cccc(OC(F)(F)F)c2)n1. The number of nitrogens with zero attached hydrogens (tertiary/aromatic N) is 2. The maximum absolute atomic E-state index is 12.7. The van der Waals surface area contributed by atoms with Crippen LogP contribution in [0.3, 0.4) is 0 Å². The highest BCUT2D eigenvalue weighted by atomic mass is 19.4. The lowest BCUT2D eigenvalue weighted by Crippen LogP contribution is -2.30. The van der Waals surface area contributed by atoms with E-state index in [1.165, 1.54) is 23.8 Å². The van der Waals surface area contributed by atoms with Crippen LogP contribution in [0.5, 0.6) is 5.75 Å². The van der Waals surface area contributed by atoms with E-state index in [1.807, 2.05) is 38.1 Å². The van der Waals surface area contributed by atoms with Crippen LogP contribution in [0.4, 0.5) is 30.6 Å². The lowest BCUT2D eigenvalue weighted by atomic mass is 9.87. The van der Waals surface area contributed by atoms with E-state index in [4.69, 9.17) is 0 Å². The summed E-state index contributed by atoms with van der Waals surface area (Å²) >= 11 is 0. The maximum Gasteiger partial charge on any atom is 0.573 e. The zero-order valence-electron chi connectivity index (χ0n) is 20.4. The van der Waals surface area contributed by atoms with Gasteiger partial charge < -0.3 is 20.5 Å². The number of nitrogens with one attached hydrogen (secondary N) is 2. The van der Waals surface area contributed by atoms with Crippen LogP contribution >= 0.6 is 0 Å². The Morgan fingerprint density at radius 3 is 2.23 bits per heavy atom. The molecule has 0 spiro atoms. The van der Waals surface area contributed by atoms with E-state index in [-0.39, 0.29) is 35.7 Å². The van der Waals surface area contributed by atoms with E-state index in [0.717, 1.165) is 5.69 Å². The molecule has 0 amide bonds. The average Bonchev–Trinajstić information content (AvgIpc) is 2.76. The van der Waals surface area contributed by atoms with Gasteiger partial charge in [-0.25, -0.2) is 4.98 Å². The molecule has 0 aliphatic rings. The van der Waals surface area contributed by atoms with Crippen molar-refractivity contribution in [3.05, 3.63) is 60.2 Å². The van der Waals surface area contributed by atoms with Crippen molar-refractivity contribution < 1.29 is 23.0 Å². The van der Waals surface area contributed by atoms with Gasteiger partial charge >= 0.3 is 6.36 Å². The molecule has 1 aromatic heterocycles. The van der Waals surface area contributed by atoms with Gasteiger partial charge in [-0.15, -0.1) is 13.2 Å². The second-order valence-electron chi connectivity index (χ2n) is 9.67. The summed E-state index contributed by atoms with van der Waals surface area (Å²) < 4.78 is 42.2. The highest BCUT2D eigenvalue weighted by Gasteiger charge is 2.31. The summed E-state index contributed by atoms with van der Waals surface area (Å²) in [5.74, 6) is 0.442. The number of aliphatic hydroxyl groups is 1. The molecule has 1 heterocycles. The molecule has 0 fully saturated rings. The number of anilines is 3. The summed E-state index contributed by atoms with van der Waals surface area (Å²) in [4.78, 5) is 9.01. The van der Waals surface area contributed by atoms with Crippen LogP contribution in [-0.2, 0) is 5.41 Å².